The molecule has 0 atom stereocenters. The number of aromatic nitrogens is 2. The molecule has 0 saturated carbocycles. The zero-order valence-corrected chi connectivity index (χ0v) is 20.7. The Bertz CT molecular complexity index is 1170. The number of benzene rings is 2. The standard InChI is InChI=1S/C26H27N3O2S2/c1-4-14-31-22-12-10-19(11-13-22)24-20(17-29(27-24)21-8-6-5-7-9-21)15-23-25(30)28(16-18(2)3)26(32)33-23/h5-13,15,17-18H,4,14,16H2,1-3H3. The van der Waals surface area contributed by atoms with Crippen LogP contribution in [0.25, 0.3) is 23.0 Å². The number of thioether (sulfide) groups is 1. The van der Waals surface area contributed by atoms with Gasteiger partial charge in [-0.1, -0.05) is 63.0 Å². The third-order valence-corrected chi connectivity index (χ3v) is 6.45. The second-order valence-electron chi connectivity index (χ2n) is 8.27. The maximum absolute atomic E-state index is 13.0. The van der Waals surface area contributed by atoms with Crippen molar-refractivity contribution in [2.45, 2.75) is 27.2 Å². The minimum Gasteiger partial charge on any atom is -0.494 e. The summed E-state index contributed by atoms with van der Waals surface area (Å²) in [5, 5.41) is 4.86. The average molecular weight is 478 g/mol. The van der Waals surface area contributed by atoms with Crippen LogP contribution in [0.1, 0.15) is 32.8 Å². The quantitative estimate of drug-likeness (QED) is 0.286. The first-order valence-corrected chi connectivity index (χ1v) is 12.3. The second kappa shape index (κ2) is 10.4. The Morgan fingerprint density at radius 2 is 1.85 bits per heavy atom. The zero-order valence-electron chi connectivity index (χ0n) is 19.0. The highest BCUT2D eigenvalue weighted by atomic mass is 32.2. The summed E-state index contributed by atoms with van der Waals surface area (Å²) >= 11 is 6.83. The molecule has 2 heterocycles. The van der Waals surface area contributed by atoms with Crippen molar-refractivity contribution in [2.24, 2.45) is 5.92 Å². The Hall–Kier alpha value is -2.90. The molecule has 2 aromatic carbocycles. The van der Waals surface area contributed by atoms with Crippen molar-refractivity contribution in [3.8, 4) is 22.7 Å². The van der Waals surface area contributed by atoms with Crippen LogP contribution >= 0.6 is 24.0 Å². The molecule has 0 aliphatic carbocycles. The number of ether oxygens (including phenoxy) is 1. The van der Waals surface area contributed by atoms with Crippen LogP contribution in [0.3, 0.4) is 0 Å². The second-order valence-corrected chi connectivity index (χ2v) is 9.95. The number of carbonyl (C=O) groups excluding carboxylic acids is 1. The molecule has 170 valence electrons. The molecular formula is C26H27N3O2S2. The van der Waals surface area contributed by atoms with E-state index in [1.54, 1.807) is 4.90 Å². The van der Waals surface area contributed by atoms with Gasteiger partial charge in [0.1, 0.15) is 10.1 Å². The lowest BCUT2D eigenvalue weighted by Crippen LogP contribution is -2.31. The first kappa shape index (κ1) is 23.3. The summed E-state index contributed by atoms with van der Waals surface area (Å²) in [6, 6.07) is 17.9. The molecule has 1 aliphatic rings. The van der Waals surface area contributed by atoms with Gasteiger partial charge in [-0.25, -0.2) is 4.68 Å². The number of hydrogen-bond donors (Lipinski definition) is 0. The molecule has 1 amide bonds. The Kier molecular flexibility index (Phi) is 7.30. The number of rotatable bonds is 8. The number of carbonyl (C=O) groups is 1. The van der Waals surface area contributed by atoms with E-state index in [0.29, 0.717) is 28.3 Å². The molecule has 7 heteroatoms. The number of para-hydroxylation sites is 1. The van der Waals surface area contributed by atoms with Crippen molar-refractivity contribution in [1.29, 1.82) is 0 Å². The molecule has 5 nitrogen and oxygen atoms in total. The molecule has 0 spiro atoms. The number of nitrogens with zero attached hydrogens (tertiary/aromatic N) is 3. The summed E-state index contributed by atoms with van der Waals surface area (Å²) in [6.07, 6.45) is 4.83. The highest BCUT2D eigenvalue weighted by Gasteiger charge is 2.32. The van der Waals surface area contributed by atoms with Gasteiger partial charge >= 0.3 is 0 Å². The van der Waals surface area contributed by atoms with Gasteiger partial charge in [-0.05, 0) is 54.8 Å². The molecular weight excluding hydrogens is 450 g/mol. The first-order valence-electron chi connectivity index (χ1n) is 11.1. The summed E-state index contributed by atoms with van der Waals surface area (Å²) in [5.41, 5.74) is 3.58. The fourth-order valence-corrected chi connectivity index (χ4v) is 4.79. The van der Waals surface area contributed by atoms with Crippen molar-refractivity contribution in [2.75, 3.05) is 13.2 Å². The molecule has 4 rings (SSSR count). The Labute approximate surface area is 204 Å². The van der Waals surface area contributed by atoms with E-state index in [0.717, 1.165) is 34.7 Å². The molecule has 0 N–H and O–H groups in total. The fraction of sp³-hybridized carbons (Fsp3) is 0.269. The molecule has 1 aromatic heterocycles. The third-order valence-electron chi connectivity index (χ3n) is 5.07. The molecule has 33 heavy (non-hydrogen) atoms. The van der Waals surface area contributed by atoms with Crippen LogP contribution < -0.4 is 4.74 Å². The fourth-order valence-electron chi connectivity index (χ4n) is 3.52. The minimum absolute atomic E-state index is 0.0413. The van der Waals surface area contributed by atoms with E-state index in [1.165, 1.54) is 11.8 Å². The maximum atomic E-state index is 13.0. The van der Waals surface area contributed by atoms with E-state index in [4.69, 9.17) is 22.1 Å². The number of hydrogen-bond acceptors (Lipinski definition) is 5. The summed E-state index contributed by atoms with van der Waals surface area (Å²) in [7, 11) is 0. The van der Waals surface area contributed by atoms with Crippen molar-refractivity contribution in [3.63, 3.8) is 0 Å². The van der Waals surface area contributed by atoms with E-state index in [1.807, 2.05) is 71.6 Å². The molecule has 1 aliphatic heterocycles. The summed E-state index contributed by atoms with van der Waals surface area (Å²) < 4.78 is 8.17. The van der Waals surface area contributed by atoms with Gasteiger partial charge in [-0.15, -0.1) is 0 Å². The van der Waals surface area contributed by atoms with Crippen LogP contribution in [0.15, 0.2) is 65.7 Å². The smallest absolute Gasteiger partial charge is 0.266 e. The number of thiocarbonyl (C=S) groups is 1. The maximum Gasteiger partial charge on any atom is 0.266 e. The molecule has 0 unspecified atom stereocenters. The van der Waals surface area contributed by atoms with Crippen LogP contribution in [0.5, 0.6) is 5.75 Å². The zero-order chi connectivity index (χ0) is 23.4. The van der Waals surface area contributed by atoms with Gasteiger partial charge in [0.05, 0.1) is 22.9 Å². The van der Waals surface area contributed by atoms with Gasteiger partial charge < -0.3 is 4.74 Å². The van der Waals surface area contributed by atoms with E-state index in [9.17, 15) is 4.79 Å². The van der Waals surface area contributed by atoms with E-state index < -0.39 is 0 Å². The van der Waals surface area contributed by atoms with Crippen LogP contribution in [0, 0.1) is 5.92 Å². The lowest BCUT2D eigenvalue weighted by Gasteiger charge is -2.16. The normalized spacial score (nSPS) is 15.2. The lowest BCUT2D eigenvalue weighted by molar-refractivity contribution is -0.122. The summed E-state index contributed by atoms with van der Waals surface area (Å²) in [5.74, 6) is 1.14. The van der Waals surface area contributed by atoms with Crippen molar-refractivity contribution in [3.05, 3.63) is 71.3 Å². The van der Waals surface area contributed by atoms with Gasteiger partial charge in [0, 0.05) is 23.9 Å². The van der Waals surface area contributed by atoms with E-state index >= 15 is 0 Å². The van der Waals surface area contributed by atoms with Crippen LogP contribution in [0.4, 0.5) is 0 Å². The lowest BCUT2D eigenvalue weighted by atomic mass is 10.1. The first-order chi connectivity index (χ1) is 16.0. The largest absolute Gasteiger partial charge is 0.494 e. The highest BCUT2D eigenvalue weighted by Crippen LogP contribution is 2.35. The molecule has 0 radical (unpaired) electrons. The van der Waals surface area contributed by atoms with E-state index in [2.05, 4.69) is 20.8 Å². The third kappa shape index (κ3) is 5.37. The van der Waals surface area contributed by atoms with Crippen LogP contribution in [-0.4, -0.2) is 38.1 Å². The monoisotopic (exact) mass is 477 g/mol. The van der Waals surface area contributed by atoms with Gasteiger partial charge in [0.2, 0.25) is 0 Å². The Morgan fingerprint density at radius 3 is 2.52 bits per heavy atom. The highest BCUT2D eigenvalue weighted by molar-refractivity contribution is 8.26. The predicted molar refractivity (Wildman–Crippen MR) is 140 cm³/mol. The topological polar surface area (TPSA) is 47.4 Å². The predicted octanol–water partition coefficient (Wildman–Crippen LogP) is 6.19. The molecule has 3 aromatic rings. The van der Waals surface area contributed by atoms with Crippen LogP contribution in [0.2, 0.25) is 0 Å². The summed E-state index contributed by atoms with van der Waals surface area (Å²) in [4.78, 5) is 15.3. The van der Waals surface area contributed by atoms with Gasteiger partial charge in [0.25, 0.3) is 5.91 Å². The van der Waals surface area contributed by atoms with Gasteiger partial charge in [0.15, 0.2) is 0 Å². The molecule has 0 bridgehead atoms. The van der Waals surface area contributed by atoms with Gasteiger partial charge in [-0.2, -0.15) is 5.10 Å². The summed E-state index contributed by atoms with van der Waals surface area (Å²) in [6.45, 7) is 7.56. The number of amides is 1. The molecule has 1 saturated heterocycles. The SMILES string of the molecule is CCCOc1ccc(-c2nn(-c3ccccc3)cc2C=C2SC(=S)N(CC(C)C)C2=O)cc1. The van der Waals surface area contributed by atoms with Crippen LogP contribution in [-0.2, 0) is 4.79 Å². The Balaban J connectivity index is 1.72. The van der Waals surface area contributed by atoms with Crippen molar-refractivity contribution in [1.82, 2.24) is 14.7 Å². The van der Waals surface area contributed by atoms with Crippen molar-refractivity contribution < 1.29 is 9.53 Å². The Morgan fingerprint density at radius 1 is 1.12 bits per heavy atom. The van der Waals surface area contributed by atoms with E-state index in [-0.39, 0.29) is 5.91 Å². The molecule has 1 fully saturated rings. The van der Waals surface area contributed by atoms with Crippen molar-refractivity contribution >= 4 is 40.3 Å². The average Bonchev–Trinajstić information content (AvgIpc) is 3.35. The minimum atomic E-state index is -0.0413. The van der Waals surface area contributed by atoms with Gasteiger partial charge in [-0.3, -0.25) is 9.69 Å².